The fourth-order valence-electron chi connectivity index (χ4n) is 3.36. The molecule has 3 heterocycles. The van der Waals surface area contributed by atoms with Gasteiger partial charge in [0.2, 0.25) is 0 Å². The molecular weight excluding hydrogens is 292 g/mol. The number of likely N-dealkylation sites (tertiary alicyclic amines) is 1. The number of carbonyl (C=O) groups excluding carboxylic acids is 1. The molecule has 1 atom stereocenters. The van der Waals surface area contributed by atoms with Gasteiger partial charge in [-0.3, -0.25) is 5.10 Å². The molecule has 1 aromatic carbocycles. The molecule has 6 heteroatoms. The van der Waals surface area contributed by atoms with E-state index in [1.807, 2.05) is 29.2 Å². The number of nitrogens with one attached hydrogen (secondary N) is 2. The molecular formula is C17H20N4O2. The number of urea groups is 1. The Hall–Kier alpha value is -2.34. The van der Waals surface area contributed by atoms with Crippen molar-refractivity contribution in [1.82, 2.24) is 15.1 Å². The van der Waals surface area contributed by atoms with Crippen LogP contribution in [0.25, 0.3) is 0 Å². The number of fused-ring (bicyclic) bond motifs is 1. The summed E-state index contributed by atoms with van der Waals surface area (Å²) in [4.78, 5) is 14.4. The Balaban J connectivity index is 1.42. The predicted molar refractivity (Wildman–Crippen MR) is 86.1 cm³/mol. The molecule has 120 valence electrons. The van der Waals surface area contributed by atoms with E-state index < -0.39 is 0 Å². The first-order chi connectivity index (χ1) is 11.3. The lowest BCUT2D eigenvalue weighted by Gasteiger charge is -2.32. The van der Waals surface area contributed by atoms with Crippen LogP contribution in [0.4, 0.5) is 10.5 Å². The van der Waals surface area contributed by atoms with Crippen LogP contribution in [0.5, 0.6) is 0 Å². The maximum absolute atomic E-state index is 12.5. The zero-order valence-electron chi connectivity index (χ0n) is 12.9. The van der Waals surface area contributed by atoms with Crippen molar-refractivity contribution in [3.8, 4) is 0 Å². The van der Waals surface area contributed by atoms with Gasteiger partial charge in [0.25, 0.3) is 0 Å². The monoisotopic (exact) mass is 312 g/mol. The molecule has 1 fully saturated rings. The summed E-state index contributed by atoms with van der Waals surface area (Å²) in [5.74, 6) is 0.338. The number of rotatable bonds is 2. The predicted octanol–water partition coefficient (Wildman–Crippen LogP) is 2.85. The Bertz CT molecular complexity index is 699. The Morgan fingerprint density at radius 3 is 3.09 bits per heavy atom. The van der Waals surface area contributed by atoms with Crippen LogP contribution in [0.3, 0.4) is 0 Å². The van der Waals surface area contributed by atoms with Gasteiger partial charge in [0.05, 0.1) is 13.2 Å². The first-order valence-corrected chi connectivity index (χ1v) is 8.04. The third kappa shape index (κ3) is 2.94. The van der Waals surface area contributed by atoms with Gasteiger partial charge in [-0.25, -0.2) is 4.79 Å². The number of H-pyrrole nitrogens is 1. The number of aromatic amines is 1. The van der Waals surface area contributed by atoms with Gasteiger partial charge in [-0.05, 0) is 42.2 Å². The highest BCUT2D eigenvalue weighted by atomic mass is 16.5. The van der Waals surface area contributed by atoms with Gasteiger partial charge in [0.15, 0.2) is 0 Å². The van der Waals surface area contributed by atoms with E-state index in [9.17, 15) is 4.79 Å². The molecule has 4 rings (SSSR count). The Morgan fingerprint density at radius 1 is 1.30 bits per heavy atom. The van der Waals surface area contributed by atoms with E-state index in [2.05, 4.69) is 15.5 Å². The second-order valence-electron chi connectivity index (χ2n) is 6.20. The van der Waals surface area contributed by atoms with Crippen LogP contribution in [0.15, 0.2) is 30.5 Å². The quantitative estimate of drug-likeness (QED) is 0.896. The Morgan fingerprint density at radius 2 is 2.22 bits per heavy atom. The van der Waals surface area contributed by atoms with Crippen LogP contribution in [0.1, 0.15) is 35.6 Å². The van der Waals surface area contributed by atoms with Crippen molar-refractivity contribution in [2.75, 3.05) is 18.4 Å². The van der Waals surface area contributed by atoms with E-state index >= 15 is 0 Å². The van der Waals surface area contributed by atoms with Gasteiger partial charge in [0, 0.05) is 36.6 Å². The van der Waals surface area contributed by atoms with Crippen LogP contribution in [0, 0.1) is 0 Å². The molecule has 2 amide bonds. The topological polar surface area (TPSA) is 70.2 Å². The molecule has 2 aliphatic rings. The first-order valence-electron chi connectivity index (χ1n) is 8.04. The van der Waals surface area contributed by atoms with Crippen LogP contribution >= 0.6 is 0 Å². The molecule has 2 aliphatic heterocycles. The lowest BCUT2D eigenvalue weighted by atomic mass is 9.95. The summed E-state index contributed by atoms with van der Waals surface area (Å²) in [6, 6.07) is 7.94. The zero-order valence-corrected chi connectivity index (χ0v) is 12.9. The Labute approximate surface area is 134 Å². The molecule has 0 saturated carbocycles. The van der Waals surface area contributed by atoms with Crippen molar-refractivity contribution in [3.63, 3.8) is 0 Å². The number of amides is 2. The molecule has 23 heavy (non-hydrogen) atoms. The summed E-state index contributed by atoms with van der Waals surface area (Å²) in [5, 5.41) is 10.0. The van der Waals surface area contributed by atoms with E-state index in [1.54, 1.807) is 6.20 Å². The third-order valence-electron chi connectivity index (χ3n) is 4.64. The van der Waals surface area contributed by atoms with Crippen molar-refractivity contribution in [3.05, 3.63) is 47.3 Å². The second kappa shape index (κ2) is 6.04. The van der Waals surface area contributed by atoms with Crippen molar-refractivity contribution < 1.29 is 9.53 Å². The van der Waals surface area contributed by atoms with Gasteiger partial charge >= 0.3 is 6.03 Å². The molecule has 0 aliphatic carbocycles. The van der Waals surface area contributed by atoms with Crippen LogP contribution in [-0.4, -0.2) is 34.2 Å². The Kier molecular flexibility index (Phi) is 3.75. The molecule has 0 radical (unpaired) electrons. The van der Waals surface area contributed by atoms with Crippen molar-refractivity contribution in [2.45, 2.75) is 32.0 Å². The minimum absolute atomic E-state index is 0.0342. The molecule has 1 saturated heterocycles. The average Bonchev–Trinajstić information content (AvgIpc) is 3.26. The average molecular weight is 312 g/mol. The van der Waals surface area contributed by atoms with Crippen molar-refractivity contribution >= 4 is 11.7 Å². The number of hydrogen-bond acceptors (Lipinski definition) is 3. The second-order valence-corrected chi connectivity index (χ2v) is 6.20. The normalized spacial score (nSPS) is 20.3. The lowest BCUT2D eigenvalue weighted by molar-refractivity contribution is 0.134. The number of nitrogens with zero attached hydrogens (tertiary/aromatic N) is 2. The van der Waals surface area contributed by atoms with Crippen molar-refractivity contribution in [2.24, 2.45) is 0 Å². The minimum atomic E-state index is -0.0342. The van der Waals surface area contributed by atoms with Gasteiger partial charge in [-0.2, -0.15) is 5.10 Å². The number of hydrogen-bond donors (Lipinski definition) is 2. The molecule has 1 unspecified atom stereocenters. The molecule has 0 spiro atoms. The fraction of sp³-hybridized carbons (Fsp3) is 0.412. The fourth-order valence-corrected chi connectivity index (χ4v) is 3.36. The van der Waals surface area contributed by atoms with Crippen LogP contribution < -0.4 is 5.32 Å². The standard InChI is InChI=1S/C17H20N4O2/c22-17(19-15-4-3-13-10-23-11-14(13)8-15)21-7-1-2-12(9-21)16-5-6-18-20-16/h3-6,8,12H,1-2,7,9-11H2,(H,18,20)(H,19,22). The SMILES string of the molecule is O=C(Nc1ccc2c(c1)COC2)N1CCCC(c2ccn[nH]2)C1. The molecule has 0 bridgehead atoms. The molecule has 1 aromatic heterocycles. The molecule has 6 nitrogen and oxygen atoms in total. The number of ether oxygens (including phenoxy) is 1. The van der Waals surface area contributed by atoms with Gasteiger partial charge < -0.3 is 15.0 Å². The summed E-state index contributed by atoms with van der Waals surface area (Å²) in [6.45, 7) is 2.82. The summed E-state index contributed by atoms with van der Waals surface area (Å²) >= 11 is 0. The van der Waals surface area contributed by atoms with E-state index in [1.165, 1.54) is 5.56 Å². The highest BCUT2D eigenvalue weighted by Crippen LogP contribution is 2.27. The number of carbonyl (C=O) groups is 1. The van der Waals surface area contributed by atoms with E-state index in [0.29, 0.717) is 19.1 Å². The largest absolute Gasteiger partial charge is 0.372 e. The summed E-state index contributed by atoms with van der Waals surface area (Å²) in [7, 11) is 0. The molecule has 2 aromatic rings. The number of piperidine rings is 1. The maximum atomic E-state index is 12.5. The summed E-state index contributed by atoms with van der Waals surface area (Å²) in [5.41, 5.74) is 4.32. The highest BCUT2D eigenvalue weighted by molar-refractivity contribution is 5.89. The minimum Gasteiger partial charge on any atom is -0.372 e. The van der Waals surface area contributed by atoms with E-state index in [-0.39, 0.29) is 6.03 Å². The van der Waals surface area contributed by atoms with Gasteiger partial charge in [-0.15, -0.1) is 0 Å². The smallest absolute Gasteiger partial charge is 0.321 e. The summed E-state index contributed by atoms with van der Waals surface area (Å²) in [6.07, 6.45) is 3.86. The van der Waals surface area contributed by atoms with E-state index in [0.717, 1.165) is 42.9 Å². The van der Waals surface area contributed by atoms with Gasteiger partial charge in [0.1, 0.15) is 0 Å². The van der Waals surface area contributed by atoms with Crippen LogP contribution in [0.2, 0.25) is 0 Å². The molecule has 2 N–H and O–H groups in total. The lowest BCUT2D eigenvalue weighted by Crippen LogP contribution is -2.41. The van der Waals surface area contributed by atoms with E-state index in [4.69, 9.17) is 4.74 Å². The zero-order chi connectivity index (χ0) is 15.6. The van der Waals surface area contributed by atoms with Gasteiger partial charge in [-0.1, -0.05) is 6.07 Å². The summed E-state index contributed by atoms with van der Waals surface area (Å²) < 4.78 is 5.41. The third-order valence-corrected chi connectivity index (χ3v) is 4.64. The number of aromatic nitrogens is 2. The highest BCUT2D eigenvalue weighted by Gasteiger charge is 2.25. The maximum Gasteiger partial charge on any atom is 0.321 e. The van der Waals surface area contributed by atoms with Crippen LogP contribution in [-0.2, 0) is 18.0 Å². The van der Waals surface area contributed by atoms with Crippen molar-refractivity contribution in [1.29, 1.82) is 0 Å². The number of benzene rings is 1. The first kappa shape index (κ1) is 14.3. The number of anilines is 1.